The number of aryl methyl sites for hydroxylation is 1. The van der Waals surface area contributed by atoms with Crippen molar-refractivity contribution < 1.29 is 19.0 Å². The molecule has 0 atom stereocenters. The Morgan fingerprint density at radius 1 is 0.806 bits per heavy atom. The summed E-state index contributed by atoms with van der Waals surface area (Å²) in [5, 5.41) is 2.94. The molecule has 0 aromatic heterocycles. The van der Waals surface area contributed by atoms with E-state index in [9.17, 15) is 4.79 Å². The lowest BCUT2D eigenvalue weighted by Crippen LogP contribution is -2.13. The van der Waals surface area contributed by atoms with E-state index in [-0.39, 0.29) is 5.91 Å². The molecule has 0 saturated heterocycles. The van der Waals surface area contributed by atoms with Gasteiger partial charge in [-0.3, -0.25) is 4.79 Å². The summed E-state index contributed by atoms with van der Waals surface area (Å²) in [6, 6.07) is 24.9. The maximum absolute atomic E-state index is 12.7. The molecule has 0 aliphatic heterocycles. The molecule has 0 aliphatic carbocycles. The summed E-state index contributed by atoms with van der Waals surface area (Å²) >= 11 is 0. The maximum atomic E-state index is 12.7. The molecule has 162 valence electrons. The monoisotopic (exact) mass is 419 g/mol. The number of ether oxygens (including phenoxy) is 3. The van der Waals surface area contributed by atoms with E-state index in [0.717, 1.165) is 12.8 Å². The van der Waals surface area contributed by atoms with Crippen LogP contribution in [-0.2, 0) is 11.2 Å². The second-order valence-electron chi connectivity index (χ2n) is 6.96. The van der Waals surface area contributed by atoms with Crippen LogP contribution in [-0.4, -0.2) is 32.3 Å². The molecule has 3 rings (SSSR count). The van der Waals surface area contributed by atoms with Gasteiger partial charge in [-0.15, -0.1) is 0 Å². The number of anilines is 1. The van der Waals surface area contributed by atoms with Gasteiger partial charge in [-0.2, -0.15) is 0 Å². The van der Waals surface area contributed by atoms with Crippen molar-refractivity contribution in [3.05, 3.63) is 90.0 Å². The number of hydrogen-bond donors (Lipinski definition) is 1. The lowest BCUT2D eigenvalue weighted by Gasteiger charge is -2.13. The standard InChI is InChI=1S/C26H29NO4/c1-2-29-19-20-30-23-16-14-22(15-17-23)26(28)27-24-12-6-7-13-25(24)31-18-8-11-21-9-4-3-5-10-21/h3-7,9-10,12-17H,2,8,11,18-20H2,1H3,(H,27,28). The first kappa shape index (κ1) is 22.4. The molecule has 0 unspecified atom stereocenters. The van der Waals surface area contributed by atoms with Crippen molar-refractivity contribution >= 4 is 11.6 Å². The molecule has 1 N–H and O–H groups in total. The molecule has 5 heteroatoms. The summed E-state index contributed by atoms with van der Waals surface area (Å²) in [4.78, 5) is 12.7. The summed E-state index contributed by atoms with van der Waals surface area (Å²) in [6.07, 6.45) is 1.85. The normalized spacial score (nSPS) is 10.5. The molecule has 0 heterocycles. The van der Waals surface area contributed by atoms with E-state index in [2.05, 4.69) is 17.4 Å². The molecule has 0 spiro atoms. The minimum atomic E-state index is -0.193. The third kappa shape index (κ3) is 7.46. The highest BCUT2D eigenvalue weighted by Crippen LogP contribution is 2.25. The molecule has 1 amide bonds. The molecule has 0 aliphatic rings. The summed E-state index contributed by atoms with van der Waals surface area (Å²) in [6.45, 7) is 4.22. The van der Waals surface area contributed by atoms with E-state index in [0.29, 0.717) is 49.2 Å². The molecular weight excluding hydrogens is 390 g/mol. The zero-order chi connectivity index (χ0) is 21.7. The van der Waals surface area contributed by atoms with Gasteiger partial charge in [0, 0.05) is 12.2 Å². The van der Waals surface area contributed by atoms with Gasteiger partial charge in [0.1, 0.15) is 18.1 Å². The fraction of sp³-hybridized carbons (Fsp3) is 0.269. The average molecular weight is 420 g/mol. The molecule has 0 radical (unpaired) electrons. The van der Waals surface area contributed by atoms with Crippen LogP contribution in [0.15, 0.2) is 78.9 Å². The van der Waals surface area contributed by atoms with Gasteiger partial charge in [-0.05, 0) is 61.7 Å². The van der Waals surface area contributed by atoms with Crippen LogP contribution in [0.5, 0.6) is 11.5 Å². The number of carbonyl (C=O) groups excluding carboxylic acids is 1. The van der Waals surface area contributed by atoms with E-state index >= 15 is 0 Å². The zero-order valence-electron chi connectivity index (χ0n) is 17.9. The van der Waals surface area contributed by atoms with E-state index in [1.54, 1.807) is 24.3 Å². The average Bonchev–Trinajstić information content (AvgIpc) is 2.81. The number of amides is 1. The first-order valence-corrected chi connectivity index (χ1v) is 10.6. The van der Waals surface area contributed by atoms with Crippen molar-refractivity contribution in [1.29, 1.82) is 0 Å². The molecule has 5 nitrogen and oxygen atoms in total. The van der Waals surface area contributed by atoms with Crippen LogP contribution in [0, 0.1) is 0 Å². The maximum Gasteiger partial charge on any atom is 0.255 e. The predicted molar refractivity (Wildman–Crippen MR) is 123 cm³/mol. The lowest BCUT2D eigenvalue weighted by atomic mass is 10.1. The minimum Gasteiger partial charge on any atom is -0.491 e. The second kappa shape index (κ2) is 12.4. The van der Waals surface area contributed by atoms with Crippen LogP contribution in [0.2, 0.25) is 0 Å². The topological polar surface area (TPSA) is 56.8 Å². The van der Waals surface area contributed by atoms with Gasteiger partial charge in [0.05, 0.1) is 18.9 Å². The number of rotatable bonds is 12. The number of para-hydroxylation sites is 2. The van der Waals surface area contributed by atoms with Crippen LogP contribution in [0.3, 0.4) is 0 Å². The first-order valence-electron chi connectivity index (χ1n) is 10.6. The van der Waals surface area contributed by atoms with Crippen molar-refractivity contribution in [2.24, 2.45) is 0 Å². The summed E-state index contributed by atoms with van der Waals surface area (Å²) in [5.41, 5.74) is 2.50. The Kier molecular flexibility index (Phi) is 8.95. The van der Waals surface area contributed by atoms with Crippen molar-refractivity contribution in [3.8, 4) is 11.5 Å². The molecule has 0 bridgehead atoms. The number of benzene rings is 3. The molecule has 0 fully saturated rings. The van der Waals surface area contributed by atoms with Crippen LogP contribution in [0.4, 0.5) is 5.69 Å². The van der Waals surface area contributed by atoms with Crippen molar-refractivity contribution in [3.63, 3.8) is 0 Å². The Hall–Kier alpha value is -3.31. The highest BCUT2D eigenvalue weighted by Gasteiger charge is 2.10. The number of nitrogens with one attached hydrogen (secondary N) is 1. The van der Waals surface area contributed by atoms with Crippen LogP contribution < -0.4 is 14.8 Å². The van der Waals surface area contributed by atoms with E-state index < -0.39 is 0 Å². The fourth-order valence-corrected chi connectivity index (χ4v) is 3.06. The van der Waals surface area contributed by atoms with E-state index in [4.69, 9.17) is 14.2 Å². The summed E-state index contributed by atoms with van der Waals surface area (Å²) in [7, 11) is 0. The predicted octanol–water partition coefficient (Wildman–Crippen LogP) is 5.37. The molecular formula is C26H29NO4. The fourth-order valence-electron chi connectivity index (χ4n) is 3.06. The van der Waals surface area contributed by atoms with Gasteiger partial charge in [0.25, 0.3) is 5.91 Å². The van der Waals surface area contributed by atoms with Gasteiger partial charge in [-0.25, -0.2) is 0 Å². The Morgan fingerprint density at radius 3 is 2.32 bits per heavy atom. The third-order valence-electron chi connectivity index (χ3n) is 4.66. The summed E-state index contributed by atoms with van der Waals surface area (Å²) in [5.74, 6) is 1.18. The minimum absolute atomic E-state index is 0.193. The highest BCUT2D eigenvalue weighted by molar-refractivity contribution is 6.05. The van der Waals surface area contributed by atoms with Crippen LogP contribution in [0.25, 0.3) is 0 Å². The quantitative estimate of drug-likeness (QED) is 0.401. The SMILES string of the molecule is CCOCCOc1ccc(C(=O)Nc2ccccc2OCCCc2ccccc2)cc1. The summed E-state index contributed by atoms with van der Waals surface area (Å²) < 4.78 is 16.8. The van der Waals surface area contributed by atoms with Crippen LogP contribution >= 0.6 is 0 Å². The Balaban J connectivity index is 1.50. The van der Waals surface area contributed by atoms with E-state index in [1.165, 1.54) is 5.56 Å². The lowest BCUT2D eigenvalue weighted by molar-refractivity contribution is 0.102. The first-order chi connectivity index (χ1) is 15.3. The highest BCUT2D eigenvalue weighted by atomic mass is 16.5. The Bertz CT molecular complexity index is 926. The smallest absolute Gasteiger partial charge is 0.255 e. The van der Waals surface area contributed by atoms with Crippen LogP contribution in [0.1, 0.15) is 29.3 Å². The van der Waals surface area contributed by atoms with Gasteiger partial charge >= 0.3 is 0 Å². The largest absolute Gasteiger partial charge is 0.491 e. The molecule has 3 aromatic rings. The number of hydrogen-bond acceptors (Lipinski definition) is 4. The Labute approximate surface area is 184 Å². The van der Waals surface area contributed by atoms with Gasteiger partial charge in [-0.1, -0.05) is 42.5 Å². The molecule has 31 heavy (non-hydrogen) atoms. The van der Waals surface area contributed by atoms with E-state index in [1.807, 2.05) is 49.4 Å². The zero-order valence-corrected chi connectivity index (χ0v) is 17.9. The van der Waals surface area contributed by atoms with Crippen molar-refractivity contribution in [2.75, 3.05) is 31.7 Å². The second-order valence-corrected chi connectivity index (χ2v) is 6.96. The molecule has 0 saturated carbocycles. The van der Waals surface area contributed by atoms with Gasteiger partial charge < -0.3 is 19.5 Å². The molecule has 3 aromatic carbocycles. The van der Waals surface area contributed by atoms with Gasteiger partial charge in [0.2, 0.25) is 0 Å². The van der Waals surface area contributed by atoms with Crippen molar-refractivity contribution in [1.82, 2.24) is 0 Å². The third-order valence-corrected chi connectivity index (χ3v) is 4.66. The van der Waals surface area contributed by atoms with Crippen molar-refractivity contribution in [2.45, 2.75) is 19.8 Å². The Morgan fingerprint density at radius 2 is 1.55 bits per heavy atom. The van der Waals surface area contributed by atoms with Gasteiger partial charge in [0.15, 0.2) is 0 Å². The number of carbonyl (C=O) groups is 1.